The van der Waals surface area contributed by atoms with Gasteiger partial charge in [0.15, 0.2) is 5.96 Å². The van der Waals surface area contributed by atoms with Gasteiger partial charge in [-0.15, -0.1) is 0 Å². The summed E-state index contributed by atoms with van der Waals surface area (Å²) in [5.41, 5.74) is 4.38. The van der Waals surface area contributed by atoms with E-state index >= 15 is 0 Å². The van der Waals surface area contributed by atoms with E-state index in [1.54, 1.807) is 7.05 Å². The molecule has 2 N–H and O–H groups in total. The summed E-state index contributed by atoms with van der Waals surface area (Å²) in [6.45, 7) is 6.41. The fourth-order valence-corrected chi connectivity index (χ4v) is 5.00. The van der Waals surface area contributed by atoms with Gasteiger partial charge in [0.05, 0.1) is 11.4 Å². The van der Waals surface area contributed by atoms with Crippen LogP contribution >= 0.6 is 0 Å². The van der Waals surface area contributed by atoms with E-state index in [9.17, 15) is 4.79 Å². The van der Waals surface area contributed by atoms with E-state index in [0.29, 0.717) is 12.5 Å². The quantitative estimate of drug-likeness (QED) is 0.557. The second kappa shape index (κ2) is 10.2. The van der Waals surface area contributed by atoms with Crippen molar-refractivity contribution in [2.75, 3.05) is 20.1 Å². The number of benzene rings is 1. The van der Waals surface area contributed by atoms with Crippen LogP contribution in [0.25, 0.3) is 5.69 Å². The number of aryl methyl sites for hydroxylation is 1. The molecule has 1 unspecified atom stereocenters. The minimum absolute atomic E-state index is 0.239. The topological polar surface area (TPSA) is 74.6 Å². The first kappa shape index (κ1) is 22.4. The van der Waals surface area contributed by atoms with Crippen molar-refractivity contribution in [2.45, 2.75) is 65.0 Å². The lowest BCUT2D eigenvalue weighted by atomic mass is 9.88. The SMILES string of the molecule is CN=C(NCc1c(C)nn(-c2ccccc2)c1C)NC1CCN(C(=O)C2CCCCC2)C1. The van der Waals surface area contributed by atoms with E-state index in [2.05, 4.69) is 39.6 Å². The molecule has 0 bridgehead atoms. The zero-order valence-electron chi connectivity index (χ0n) is 19.6. The number of hydrogen-bond donors (Lipinski definition) is 2. The molecule has 1 saturated heterocycles. The maximum absolute atomic E-state index is 12.8. The highest BCUT2D eigenvalue weighted by Gasteiger charge is 2.31. The fraction of sp³-hybridized carbons (Fsp3) is 0.560. The van der Waals surface area contributed by atoms with Crippen LogP contribution in [0.15, 0.2) is 35.3 Å². The van der Waals surface area contributed by atoms with Crippen molar-refractivity contribution in [3.63, 3.8) is 0 Å². The summed E-state index contributed by atoms with van der Waals surface area (Å²) in [5.74, 6) is 1.37. The summed E-state index contributed by atoms with van der Waals surface area (Å²) < 4.78 is 1.99. The van der Waals surface area contributed by atoms with Crippen LogP contribution in [-0.4, -0.2) is 52.7 Å². The predicted octanol–water partition coefficient (Wildman–Crippen LogP) is 3.34. The van der Waals surface area contributed by atoms with Gasteiger partial charge in [0.1, 0.15) is 0 Å². The van der Waals surface area contributed by atoms with Gasteiger partial charge in [0, 0.05) is 49.9 Å². The van der Waals surface area contributed by atoms with E-state index in [-0.39, 0.29) is 12.0 Å². The summed E-state index contributed by atoms with van der Waals surface area (Å²) in [7, 11) is 1.79. The monoisotopic (exact) mass is 436 g/mol. The number of aliphatic imine (C=N–C) groups is 1. The van der Waals surface area contributed by atoms with Gasteiger partial charge in [-0.25, -0.2) is 4.68 Å². The van der Waals surface area contributed by atoms with Gasteiger partial charge in [0.2, 0.25) is 5.91 Å². The van der Waals surface area contributed by atoms with Crippen LogP contribution < -0.4 is 10.6 Å². The van der Waals surface area contributed by atoms with Gasteiger partial charge in [-0.1, -0.05) is 37.5 Å². The van der Waals surface area contributed by atoms with Crippen LogP contribution in [0, 0.1) is 19.8 Å². The lowest BCUT2D eigenvalue weighted by Crippen LogP contribution is -2.45. The molecule has 7 heteroatoms. The number of aromatic nitrogens is 2. The van der Waals surface area contributed by atoms with Crippen LogP contribution in [-0.2, 0) is 11.3 Å². The number of likely N-dealkylation sites (tertiary alicyclic amines) is 1. The zero-order chi connectivity index (χ0) is 22.5. The van der Waals surface area contributed by atoms with Gasteiger partial charge >= 0.3 is 0 Å². The third kappa shape index (κ3) is 4.97. The maximum atomic E-state index is 12.8. The Morgan fingerprint density at radius 1 is 1.12 bits per heavy atom. The van der Waals surface area contributed by atoms with Gasteiger partial charge < -0.3 is 15.5 Å². The molecule has 32 heavy (non-hydrogen) atoms. The first-order valence-electron chi connectivity index (χ1n) is 11.9. The Morgan fingerprint density at radius 2 is 1.88 bits per heavy atom. The summed E-state index contributed by atoms with van der Waals surface area (Å²) in [6.07, 6.45) is 6.75. The van der Waals surface area contributed by atoms with Gasteiger partial charge in [-0.3, -0.25) is 9.79 Å². The van der Waals surface area contributed by atoms with E-state index in [0.717, 1.165) is 55.4 Å². The molecule has 1 amide bonds. The molecular weight excluding hydrogens is 400 g/mol. The van der Waals surface area contributed by atoms with Crippen LogP contribution in [0.4, 0.5) is 0 Å². The normalized spacial score (nSPS) is 19.9. The molecule has 1 aliphatic heterocycles. The minimum Gasteiger partial charge on any atom is -0.352 e. The highest BCUT2D eigenvalue weighted by Crippen LogP contribution is 2.26. The maximum Gasteiger partial charge on any atom is 0.225 e. The third-order valence-corrected chi connectivity index (χ3v) is 6.89. The Kier molecular flexibility index (Phi) is 7.12. The van der Waals surface area contributed by atoms with E-state index in [4.69, 9.17) is 5.10 Å². The number of nitrogens with one attached hydrogen (secondary N) is 2. The molecule has 4 rings (SSSR count). The number of hydrogen-bond acceptors (Lipinski definition) is 3. The van der Waals surface area contributed by atoms with Crippen LogP contribution in [0.5, 0.6) is 0 Å². The molecule has 7 nitrogen and oxygen atoms in total. The summed E-state index contributed by atoms with van der Waals surface area (Å²) >= 11 is 0. The third-order valence-electron chi connectivity index (χ3n) is 6.89. The van der Waals surface area contributed by atoms with Gasteiger partial charge in [0.25, 0.3) is 0 Å². The van der Waals surface area contributed by atoms with Crippen molar-refractivity contribution in [3.8, 4) is 5.69 Å². The molecule has 172 valence electrons. The number of nitrogens with zero attached hydrogens (tertiary/aromatic N) is 4. The van der Waals surface area contributed by atoms with Crippen molar-refractivity contribution in [1.82, 2.24) is 25.3 Å². The Morgan fingerprint density at radius 3 is 2.59 bits per heavy atom. The van der Waals surface area contributed by atoms with Crippen LogP contribution in [0.2, 0.25) is 0 Å². The largest absolute Gasteiger partial charge is 0.352 e. The molecule has 1 saturated carbocycles. The Hall–Kier alpha value is -2.83. The smallest absolute Gasteiger partial charge is 0.225 e. The number of guanidine groups is 1. The number of rotatable bonds is 5. The first-order chi connectivity index (χ1) is 15.6. The van der Waals surface area contributed by atoms with Crippen LogP contribution in [0.3, 0.4) is 0 Å². The van der Waals surface area contributed by atoms with Crippen molar-refractivity contribution in [3.05, 3.63) is 47.3 Å². The molecule has 2 aromatic rings. The van der Waals surface area contributed by atoms with Crippen LogP contribution in [0.1, 0.15) is 55.5 Å². The highest BCUT2D eigenvalue weighted by atomic mass is 16.2. The minimum atomic E-state index is 0.239. The Bertz CT molecular complexity index is 945. The molecule has 2 heterocycles. The van der Waals surface area contributed by atoms with Crippen molar-refractivity contribution in [2.24, 2.45) is 10.9 Å². The Balaban J connectivity index is 1.32. The summed E-state index contributed by atoms with van der Waals surface area (Å²) in [4.78, 5) is 19.3. The molecule has 2 aliphatic rings. The lowest BCUT2D eigenvalue weighted by molar-refractivity contribution is -0.135. The zero-order valence-corrected chi connectivity index (χ0v) is 19.6. The predicted molar refractivity (Wildman–Crippen MR) is 128 cm³/mol. The van der Waals surface area contributed by atoms with Crippen molar-refractivity contribution >= 4 is 11.9 Å². The molecule has 1 aromatic carbocycles. The van der Waals surface area contributed by atoms with E-state index < -0.39 is 0 Å². The first-order valence-corrected chi connectivity index (χ1v) is 11.9. The van der Waals surface area contributed by atoms with Crippen molar-refractivity contribution < 1.29 is 4.79 Å². The standard InChI is InChI=1S/C25H36N6O/c1-18-23(19(2)31(29-18)22-12-8-5-9-13-22)16-27-25(26-3)28-21-14-15-30(17-21)24(32)20-10-6-4-7-11-20/h5,8-9,12-13,20-21H,4,6-7,10-11,14-17H2,1-3H3,(H2,26,27,28). The van der Waals surface area contributed by atoms with E-state index in [1.807, 2.05) is 29.8 Å². The molecule has 1 aromatic heterocycles. The number of carbonyl (C=O) groups excluding carboxylic acids is 1. The molecule has 2 fully saturated rings. The molecular formula is C25H36N6O. The molecule has 0 spiro atoms. The second-order valence-corrected chi connectivity index (χ2v) is 9.07. The van der Waals surface area contributed by atoms with Gasteiger partial charge in [-0.05, 0) is 45.2 Å². The second-order valence-electron chi connectivity index (χ2n) is 9.07. The summed E-state index contributed by atoms with van der Waals surface area (Å²) in [5, 5.41) is 11.7. The summed E-state index contributed by atoms with van der Waals surface area (Å²) in [6, 6.07) is 10.4. The fourth-order valence-electron chi connectivity index (χ4n) is 5.00. The van der Waals surface area contributed by atoms with Crippen molar-refractivity contribution in [1.29, 1.82) is 0 Å². The number of amides is 1. The number of para-hydroxylation sites is 1. The average molecular weight is 437 g/mol. The lowest BCUT2D eigenvalue weighted by Gasteiger charge is -2.26. The highest BCUT2D eigenvalue weighted by molar-refractivity contribution is 5.81. The molecule has 1 atom stereocenters. The average Bonchev–Trinajstić information content (AvgIpc) is 3.41. The Labute approximate surface area is 191 Å². The van der Waals surface area contributed by atoms with Gasteiger partial charge in [-0.2, -0.15) is 5.10 Å². The van der Waals surface area contributed by atoms with E-state index in [1.165, 1.54) is 24.8 Å². The molecule has 0 radical (unpaired) electrons. The number of carbonyl (C=O) groups is 1. The molecule has 1 aliphatic carbocycles.